The van der Waals surface area contributed by atoms with Crippen LogP contribution in [0.15, 0.2) is 42.1 Å². The third kappa shape index (κ3) is 3.80. The number of nitrogens with zero attached hydrogens (tertiary/aromatic N) is 1. The van der Waals surface area contributed by atoms with E-state index in [9.17, 15) is 14.7 Å². The van der Waals surface area contributed by atoms with Gasteiger partial charge in [-0.2, -0.15) is 0 Å². The zero-order chi connectivity index (χ0) is 18.1. The molecule has 0 aliphatic carbocycles. The van der Waals surface area contributed by atoms with Crippen molar-refractivity contribution in [2.24, 2.45) is 0 Å². The molecule has 1 aliphatic rings. The van der Waals surface area contributed by atoms with Crippen molar-refractivity contribution in [2.75, 3.05) is 0 Å². The Bertz CT molecular complexity index is 911. The summed E-state index contributed by atoms with van der Waals surface area (Å²) in [5.41, 5.74) is 2.40. The number of urea groups is 1. The number of rotatable bonds is 3. The van der Waals surface area contributed by atoms with Crippen LogP contribution in [0.5, 0.6) is 5.75 Å². The molecule has 25 heavy (non-hydrogen) atoms. The Morgan fingerprint density at radius 1 is 1.28 bits per heavy atom. The van der Waals surface area contributed by atoms with Crippen molar-refractivity contribution < 1.29 is 14.7 Å². The van der Waals surface area contributed by atoms with Crippen LogP contribution in [-0.2, 0) is 11.3 Å². The molecular formula is C18H14ClIN2O3. The molecule has 2 aromatic carbocycles. The van der Waals surface area contributed by atoms with Crippen molar-refractivity contribution in [1.29, 1.82) is 0 Å². The van der Waals surface area contributed by atoms with Crippen LogP contribution in [0.3, 0.4) is 0 Å². The van der Waals surface area contributed by atoms with E-state index in [0.717, 1.165) is 16.0 Å². The van der Waals surface area contributed by atoms with Crippen LogP contribution in [-0.4, -0.2) is 21.9 Å². The Labute approximate surface area is 163 Å². The standard InChI is InChI=1S/C18H14ClIN2O3/c1-10-3-2-4-11(5-10)9-22-17(24)15(21-18(22)25)7-12-6-13(19)8-14(20)16(12)23/h2-8,23H,9H2,1H3,(H,21,25)/b15-7+. The van der Waals surface area contributed by atoms with Crippen LogP contribution in [0.25, 0.3) is 6.08 Å². The van der Waals surface area contributed by atoms with E-state index < -0.39 is 11.9 Å². The lowest BCUT2D eigenvalue weighted by atomic mass is 10.1. The van der Waals surface area contributed by atoms with Gasteiger partial charge in [0.1, 0.15) is 11.4 Å². The number of halogens is 2. The van der Waals surface area contributed by atoms with E-state index in [2.05, 4.69) is 5.32 Å². The number of imide groups is 1. The number of phenols is 1. The third-order valence-corrected chi connectivity index (χ3v) is 4.78. The number of hydrogen-bond donors (Lipinski definition) is 2. The molecule has 0 saturated carbocycles. The van der Waals surface area contributed by atoms with Crippen molar-refractivity contribution in [3.05, 3.63) is 67.4 Å². The zero-order valence-corrected chi connectivity index (χ0v) is 16.1. The number of phenolic OH excluding ortho intramolecular Hbond substituents is 1. The van der Waals surface area contributed by atoms with Gasteiger partial charge < -0.3 is 10.4 Å². The maximum atomic E-state index is 12.5. The van der Waals surface area contributed by atoms with Gasteiger partial charge in [0.25, 0.3) is 5.91 Å². The lowest BCUT2D eigenvalue weighted by Gasteiger charge is -2.12. The Balaban J connectivity index is 1.89. The molecule has 1 aliphatic heterocycles. The molecule has 0 bridgehead atoms. The highest BCUT2D eigenvalue weighted by Crippen LogP contribution is 2.30. The number of hydrogen-bond acceptors (Lipinski definition) is 3. The Kier molecular flexibility index (Phi) is 5.01. The summed E-state index contributed by atoms with van der Waals surface area (Å²) in [7, 11) is 0. The highest BCUT2D eigenvalue weighted by Gasteiger charge is 2.33. The summed E-state index contributed by atoms with van der Waals surface area (Å²) >= 11 is 7.94. The summed E-state index contributed by atoms with van der Waals surface area (Å²) in [6, 6.07) is 10.3. The zero-order valence-electron chi connectivity index (χ0n) is 13.2. The Morgan fingerprint density at radius 2 is 2.04 bits per heavy atom. The summed E-state index contributed by atoms with van der Waals surface area (Å²) < 4.78 is 0.560. The van der Waals surface area contributed by atoms with E-state index in [4.69, 9.17) is 11.6 Å². The summed E-state index contributed by atoms with van der Waals surface area (Å²) in [5.74, 6) is -0.433. The second-order valence-electron chi connectivity index (χ2n) is 5.69. The first-order valence-corrected chi connectivity index (χ1v) is 8.89. The molecule has 0 aromatic heterocycles. The lowest BCUT2D eigenvalue weighted by molar-refractivity contribution is -0.123. The predicted molar refractivity (Wildman–Crippen MR) is 104 cm³/mol. The number of aromatic hydroxyl groups is 1. The molecule has 2 N–H and O–H groups in total. The first-order chi connectivity index (χ1) is 11.8. The second-order valence-corrected chi connectivity index (χ2v) is 7.29. The fourth-order valence-electron chi connectivity index (χ4n) is 2.56. The molecule has 0 unspecified atom stereocenters. The average Bonchev–Trinajstić information content (AvgIpc) is 2.80. The molecule has 0 atom stereocenters. The van der Waals surface area contributed by atoms with Crippen LogP contribution in [0.1, 0.15) is 16.7 Å². The highest BCUT2D eigenvalue weighted by molar-refractivity contribution is 14.1. The highest BCUT2D eigenvalue weighted by atomic mass is 127. The number of aryl methyl sites for hydroxylation is 1. The third-order valence-electron chi connectivity index (χ3n) is 3.74. The molecule has 3 rings (SSSR count). The number of amides is 3. The molecule has 3 amide bonds. The predicted octanol–water partition coefficient (Wildman–Crippen LogP) is 4.05. The van der Waals surface area contributed by atoms with Gasteiger partial charge >= 0.3 is 6.03 Å². The van der Waals surface area contributed by atoms with E-state index in [1.807, 2.05) is 53.8 Å². The average molecular weight is 469 g/mol. The lowest BCUT2D eigenvalue weighted by Crippen LogP contribution is -2.30. The van der Waals surface area contributed by atoms with E-state index in [0.29, 0.717) is 14.2 Å². The number of carbonyl (C=O) groups is 2. The van der Waals surface area contributed by atoms with E-state index in [-0.39, 0.29) is 18.0 Å². The van der Waals surface area contributed by atoms with Crippen LogP contribution in [0, 0.1) is 10.5 Å². The molecule has 1 fully saturated rings. The first kappa shape index (κ1) is 17.8. The van der Waals surface area contributed by atoms with Gasteiger partial charge in [-0.1, -0.05) is 41.4 Å². The van der Waals surface area contributed by atoms with E-state index in [1.54, 1.807) is 6.07 Å². The largest absolute Gasteiger partial charge is 0.506 e. The van der Waals surface area contributed by atoms with Crippen molar-refractivity contribution >= 4 is 52.2 Å². The van der Waals surface area contributed by atoms with Gasteiger partial charge in [0.15, 0.2) is 0 Å². The quantitative estimate of drug-likeness (QED) is 0.406. The SMILES string of the molecule is Cc1cccc(CN2C(=O)N/C(=C/c3cc(Cl)cc(I)c3O)C2=O)c1. The summed E-state index contributed by atoms with van der Waals surface area (Å²) in [4.78, 5) is 25.8. The minimum atomic E-state index is -0.492. The molecule has 0 spiro atoms. The number of benzene rings is 2. The second kappa shape index (κ2) is 7.05. The minimum Gasteiger partial charge on any atom is -0.506 e. The molecule has 1 heterocycles. The van der Waals surface area contributed by atoms with Crippen LogP contribution < -0.4 is 5.32 Å². The monoisotopic (exact) mass is 468 g/mol. The molecule has 5 nitrogen and oxygen atoms in total. The van der Waals surface area contributed by atoms with Gasteiger partial charge in [-0.3, -0.25) is 9.69 Å². The Morgan fingerprint density at radius 3 is 2.76 bits per heavy atom. The van der Waals surface area contributed by atoms with Gasteiger partial charge in [-0.05, 0) is 53.3 Å². The molecular weight excluding hydrogens is 455 g/mol. The van der Waals surface area contributed by atoms with Crippen LogP contribution in [0.4, 0.5) is 4.79 Å². The van der Waals surface area contributed by atoms with Crippen LogP contribution >= 0.6 is 34.2 Å². The maximum absolute atomic E-state index is 12.5. The van der Waals surface area contributed by atoms with E-state index >= 15 is 0 Å². The molecule has 0 radical (unpaired) electrons. The van der Waals surface area contributed by atoms with Gasteiger partial charge in [0, 0.05) is 10.6 Å². The van der Waals surface area contributed by atoms with Crippen molar-refractivity contribution in [3.8, 4) is 5.75 Å². The molecule has 7 heteroatoms. The maximum Gasteiger partial charge on any atom is 0.329 e. The number of carbonyl (C=O) groups excluding carboxylic acids is 2. The Hall–Kier alpha value is -2.06. The minimum absolute atomic E-state index is 0.0108. The van der Waals surface area contributed by atoms with Crippen molar-refractivity contribution in [1.82, 2.24) is 10.2 Å². The van der Waals surface area contributed by atoms with Gasteiger partial charge in [0.05, 0.1) is 10.1 Å². The number of nitrogens with one attached hydrogen (secondary N) is 1. The van der Waals surface area contributed by atoms with Crippen molar-refractivity contribution in [2.45, 2.75) is 13.5 Å². The normalized spacial score (nSPS) is 15.8. The first-order valence-electron chi connectivity index (χ1n) is 7.43. The molecule has 2 aromatic rings. The van der Waals surface area contributed by atoms with Gasteiger partial charge in [-0.25, -0.2) is 4.79 Å². The van der Waals surface area contributed by atoms with Crippen molar-refractivity contribution in [3.63, 3.8) is 0 Å². The summed E-state index contributed by atoms with van der Waals surface area (Å²) in [6.07, 6.45) is 1.43. The fourth-order valence-corrected chi connectivity index (χ4v) is 3.62. The van der Waals surface area contributed by atoms with Gasteiger partial charge in [0.2, 0.25) is 0 Å². The molecule has 1 saturated heterocycles. The smallest absolute Gasteiger partial charge is 0.329 e. The van der Waals surface area contributed by atoms with Gasteiger partial charge in [-0.15, -0.1) is 0 Å². The topological polar surface area (TPSA) is 69.6 Å². The van der Waals surface area contributed by atoms with Crippen LogP contribution in [0.2, 0.25) is 5.02 Å². The summed E-state index contributed by atoms with van der Waals surface area (Å²) in [5, 5.41) is 13.1. The molecule has 128 valence electrons. The fraction of sp³-hybridized carbons (Fsp3) is 0.111. The van der Waals surface area contributed by atoms with E-state index in [1.165, 1.54) is 12.1 Å². The summed E-state index contributed by atoms with van der Waals surface area (Å²) in [6.45, 7) is 2.13.